The summed E-state index contributed by atoms with van der Waals surface area (Å²) >= 11 is 0. The third-order valence-corrected chi connectivity index (χ3v) is 5.47. The highest BCUT2D eigenvalue weighted by molar-refractivity contribution is 14.0. The van der Waals surface area contributed by atoms with Crippen LogP contribution in [0.5, 0.6) is 5.75 Å². The summed E-state index contributed by atoms with van der Waals surface area (Å²) in [5.41, 5.74) is 1.37. The van der Waals surface area contributed by atoms with Crippen LogP contribution in [0, 0.1) is 5.92 Å². The third kappa shape index (κ3) is 5.25. The Morgan fingerprint density at radius 3 is 2.46 bits per heavy atom. The Morgan fingerprint density at radius 1 is 1.27 bits per heavy atom. The first-order chi connectivity index (χ1) is 12.2. The number of nitrogens with zero attached hydrogens (tertiary/aromatic N) is 1. The van der Waals surface area contributed by atoms with Gasteiger partial charge in [-0.2, -0.15) is 0 Å². The van der Waals surface area contributed by atoms with Gasteiger partial charge in [0.05, 0.1) is 13.7 Å². The summed E-state index contributed by atoms with van der Waals surface area (Å²) < 4.78 is 10.9. The highest BCUT2D eigenvalue weighted by Crippen LogP contribution is 2.36. The predicted molar refractivity (Wildman–Crippen MR) is 117 cm³/mol. The van der Waals surface area contributed by atoms with Gasteiger partial charge in [-0.05, 0) is 49.8 Å². The number of halogens is 1. The molecular formula is C20H32IN3O2. The highest BCUT2D eigenvalue weighted by Gasteiger charge is 2.36. The molecule has 5 nitrogen and oxygen atoms in total. The lowest BCUT2D eigenvalue weighted by Crippen LogP contribution is -2.42. The van der Waals surface area contributed by atoms with E-state index in [4.69, 9.17) is 14.5 Å². The van der Waals surface area contributed by atoms with Crippen molar-refractivity contribution in [2.45, 2.75) is 44.6 Å². The number of rotatable bonds is 6. The van der Waals surface area contributed by atoms with E-state index in [9.17, 15) is 0 Å². The van der Waals surface area contributed by atoms with Crippen molar-refractivity contribution in [3.8, 4) is 5.75 Å². The van der Waals surface area contributed by atoms with Crippen molar-refractivity contribution >= 4 is 29.9 Å². The molecule has 1 aliphatic heterocycles. The molecule has 1 saturated heterocycles. The molecule has 1 saturated carbocycles. The second kappa shape index (κ2) is 9.78. The highest BCUT2D eigenvalue weighted by atomic mass is 127. The van der Waals surface area contributed by atoms with E-state index in [1.54, 1.807) is 7.11 Å². The summed E-state index contributed by atoms with van der Waals surface area (Å²) in [6.45, 7) is 7.64. The number of guanidine groups is 1. The molecule has 2 aliphatic rings. The van der Waals surface area contributed by atoms with Crippen LogP contribution in [-0.4, -0.2) is 45.4 Å². The molecule has 146 valence electrons. The van der Waals surface area contributed by atoms with E-state index < -0.39 is 0 Å². The number of hydrogen-bond donors (Lipinski definition) is 2. The van der Waals surface area contributed by atoms with Gasteiger partial charge >= 0.3 is 0 Å². The van der Waals surface area contributed by atoms with Crippen LogP contribution in [0.4, 0.5) is 0 Å². The molecule has 0 radical (unpaired) electrons. The number of methoxy groups -OCH3 is 1. The van der Waals surface area contributed by atoms with Crippen LogP contribution >= 0.6 is 24.0 Å². The number of aliphatic imine (C=N–C) groups is 1. The molecule has 1 aliphatic carbocycles. The zero-order chi connectivity index (χ0) is 17.7. The van der Waals surface area contributed by atoms with E-state index in [-0.39, 0.29) is 29.4 Å². The van der Waals surface area contributed by atoms with Gasteiger partial charge in [0, 0.05) is 31.2 Å². The quantitative estimate of drug-likeness (QED) is 0.378. The van der Waals surface area contributed by atoms with Gasteiger partial charge in [0.2, 0.25) is 0 Å². The van der Waals surface area contributed by atoms with Gasteiger partial charge in [0.25, 0.3) is 0 Å². The fourth-order valence-corrected chi connectivity index (χ4v) is 3.49. The minimum atomic E-state index is 0. The summed E-state index contributed by atoms with van der Waals surface area (Å²) in [6.07, 6.45) is 3.24. The van der Waals surface area contributed by atoms with Crippen molar-refractivity contribution in [1.29, 1.82) is 0 Å². The zero-order valence-electron chi connectivity index (χ0n) is 16.1. The molecule has 0 spiro atoms. The molecular weight excluding hydrogens is 441 g/mol. The van der Waals surface area contributed by atoms with Crippen LogP contribution in [0.1, 0.15) is 38.7 Å². The summed E-state index contributed by atoms with van der Waals surface area (Å²) in [5.74, 6) is 2.59. The van der Waals surface area contributed by atoms with Gasteiger partial charge in [-0.25, -0.2) is 0 Å². The average molecular weight is 473 g/mol. The van der Waals surface area contributed by atoms with Crippen molar-refractivity contribution in [2.24, 2.45) is 10.9 Å². The Morgan fingerprint density at radius 2 is 1.92 bits per heavy atom. The minimum Gasteiger partial charge on any atom is -0.497 e. The van der Waals surface area contributed by atoms with Crippen LogP contribution < -0.4 is 15.4 Å². The Bertz CT molecular complexity index is 585. The Hall–Kier alpha value is -1.02. The Labute approximate surface area is 174 Å². The first-order valence-electron chi connectivity index (χ1n) is 9.44. The molecule has 1 heterocycles. The van der Waals surface area contributed by atoms with E-state index in [0.717, 1.165) is 56.8 Å². The van der Waals surface area contributed by atoms with Crippen molar-refractivity contribution in [3.05, 3.63) is 29.8 Å². The molecule has 2 fully saturated rings. The summed E-state index contributed by atoms with van der Waals surface area (Å²) in [6, 6.07) is 9.04. The molecule has 6 heteroatoms. The van der Waals surface area contributed by atoms with E-state index in [2.05, 4.69) is 36.6 Å². The predicted octanol–water partition coefficient (Wildman–Crippen LogP) is 3.32. The minimum absolute atomic E-state index is 0. The van der Waals surface area contributed by atoms with E-state index in [1.807, 2.05) is 12.1 Å². The molecule has 0 aromatic heterocycles. The lowest BCUT2D eigenvalue weighted by atomic mass is 9.74. The van der Waals surface area contributed by atoms with Crippen molar-refractivity contribution in [3.63, 3.8) is 0 Å². The molecule has 2 N–H and O–H groups in total. The molecule has 2 unspecified atom stereocenters. The second-order valence-electron chi connectivity index (χ2n) is 7.28. The molecule has 26 heavy (non-hydrogen) atoms. The van der Waals surface area contributed by atoms with Crippen molar-refractivity contribution < 1.29 is 9.47 Å². The zero-order valence-corrected chi connectivity index (χ0v) is 18.4. The third-order valence-electron chi connectivity index (χ3n) is 5.47. The van der Waals surface area contributed by atoms with Crippen LogP contribution in [0.3, 0.4) is 0 Å². The van der Waals surface area contributed by atoms with Crippen LogP contribution in [-0.2, 0) is 10.2 Å². The monoisotopic (exact) mass is 473 g/mol. The maximum atomic E-state index is 5.63. The molecule has 0 bridgehead atoms. The van der Waals surface area contributed by atoms with Gasteiger partial charge in [0.15, 0.2) is 5.96 Å². The maximum Gasteiger partial charge on any atom is 0.191 e. The van der Waals surface area contributed by atoms with Gasteiger partial charge in [-0.15, -0.1) is 24.0 Å². The molecule has 1 aromatic carbocycles. The lowest BCUT2D eigenvalue weighted by Gasteiger charge is -2.36. The lowest BCUT2D eigenvalue weighted by molar-refractivity contribution is 0.0531. The SMILES string of the molecule is CCNC(=NCC1(c2ccc(OC)cc2)CCOCC1)NC1CC1C.I. The van der Waals surface area contributed by atoms with Gasteiger partial charge in [-0.3, -0.25) is 4.99 Å². The van der Waals surface area contributed by atoms with Crippen molar-refractivity contribution in [1.82, 2.24) is 10.6 Å². The first kappa shape index (κ1) is 21.3. The largest absolute Gasteiger partial charge is 0.497 e. The molecule has 2 atom stereocenters. The number of benzene rings is 1. The molecule has 0 amide bonds. The topological polar surface area (TPSA) is 54.9 Å². The van der Waals surface area contributed by atoms with Crippen molar-refractivity contribution in [2.75, 3.05) is 33.4 Å². The number of ether oxygens (including phenoxy) is 2. The summed E-state index contributed by atoms with van der Waals surface area (Å²) in [7, 11) is 1.71. The van der Waals surface area contributed by atoms with E-state index in [0.29, 0.717) is 6.04 Å². The summed E-state index contributed by atoms with van der Waals surface area (Å²) in [4.78, 5) is 4.95. The standard InChI is InChI=1S/C20H31N3O2.HI/c1-4-21-19(23-18-13-15(18)2)22-14-20(9-11-25-12-10-20)16-5-7-17(24-3)8-6-16;/h5-8,15,18H,4,9-14H2,1-3H3,(H2,21,22,23);1H. The summed E-state index contributed by atoms with van der Waals surface area (Å²) in [5, 5.41) is 6.94. The maximum absolute atomic E-state index is 5.63. The second-order valence-corrected chi connectivity index (χ2v) is 7.28. The molecule has 1 aromatic rings. The van der Waals surface area contributed by atoms with Crippen LogP contribution in [0.25, 0.3) is 0 Å². The normalized spacial score (nSPS) is 24.3. The first-order valence-corrected chi connectivity index (χ1v) is 9.44. The van der Waals surface area contributed by atoms with E-state index >= 15 is 0 Å². The average Bonchev–Trinajstić information content (AvgIpc) is 3.35. The Balaban J connectivity index is 0.00000243. The fraction of sp³-hybridized carbons (Fsp3) is 0.650. The van der Waals surface area contributed by atoms with Gasteiger partial charge < -0.3 is 20.1 Å². The van der Waals surface area contributed by atoms with E-state index in [1.165, 1.54) is 12.0 Å². The number of nitrogens with one attached hydrogen (secondary N) is 2. The fourth-order valence-electron chi connectivity index (χ4n) is 3.49. The number of hydrogen-bond acceptors (Lipinski definition) is 3. The van der Waals surface area contributed by atoms with Crippen LogP contribution in [0.15, 0.2) is 29.3 Å². The Kier molecular flexibility index (Phi) is 8.01. The van der Waals surface area contributed by atoms with Crippen LogP contribution in [0.2, 0.25) is 0 Å². The smallest absolute Gasteiger partial charge is 0.191 e. The molecule has 3 rings (SSSR count). The van der Waals surface area contributed by atoms with Gasteiger partial charge in [0.1, 0.15) is 5.75 Å². The van der Waals surface area contributed by atoms with Gasteiger partial charge in [-0.1, -0.05) is 19.1 Å².